The van der Waals surface area contributed by atoms with Crippen LogP contribution >= 0.6 is 11.6 Å². The second kappa shape index (κ2) is 8.56. The van der Waals surface area contributed by atoms with E-state index in [0.717, 1.165) is 22.6 Å². The smallest absolute Gasteiger partial charge is 0.282 e. The summed E-state index contributed by atoms with van der Waals surface area (Å²) in [6.07, 6.45) is 1.78. The Kier molecular flexibility index (Phi) is 5.68. The summed E-state index contributed by atoms with van der Waals surface area (Å²) < 4.78 is 5.49. The third-order valence-corrected chi connectivity index (χ3v) is 5.09. The monoisotopic (exact) mass is 416 g/mol. The van der Waals surface area contributed by atoms with Crippen molar-refractivity contribution in [3.05, 3.63) is 100 Å². The molecule has 150 valence electrons. The Morgan fingerprint density at radius 2 is 1.70 bits per heavy atom. The van der Waals surface area contributed by atoms with Crippen LogP contribution in [0.3, 0.4) is 0 Å². The molecular weight excluding hydrogens is 396 g/mol. The van der Waals surface area contributed by atoms with E-state index in [1.54, 1.807) is 17.0 Å². The van der Waals surface area contributed by atoms with Crippen molar-refractivity contribution in [2.24, 2.45) is 4.99 Å². The molecule has 1 heterocycles. The number of benzene rings is 3. The lowest BCUT2D eigenvalue weighted by atomic mass is 10.1. The summed E-state index contributed by atoms with van der Waals surface area (Å²) >= 11 is 6.43. The molecule has 1 aliphatic rings. The lowest BCUT2D eigenvalue weighted by Crippen LogP contribution is -2.32. The van der Waals surface area contributed by atoms with Gasteiger partial charge in [-0.3, -0.25) is 9.69 Å². The first-order valence-electron chi connectivity index (χ1n) is 9.76. The van der Waals surface area contributed by atoms with Crippen molar-refractivity contribution >= 4 is 35.1 Å². The number of nitrogens with zero attached hydrogens (tertiary/aromatic N) is 2. The molecule has 3 aromatic carbocycles. The molecule has 0 atom stereocenters. The van der Waals surface area contributed by atoms with Gasteiger partial charge in [0.05, 0.1) is 17.3 Å². The zero-order valence-corrected chi connectivity index (χ0v) is 17.6. The molecule has 3 aromatic rings. The van der Waals surface area contributed by atoms with Gasteiger partial charge in [0.25, 0.3) is 5.91 Å². The van der Waals surface area contributed by atoms with Gasteiger partial charge in [-0.15, -0.1) is 0 Å². The van der Waals surface area contributed by atoms with E-state index in [2.05, 4.69) is 4.99 Å². The fourth-order valence-electron chi connectivity index (χ4n) is 3.26. The first-order chi connectivity index (χ1) is 14.6. The standard InChI is InChI=1S/C25H21ClN2O2/c1-3-30-20-14-10-18(11-15-20)16-23-25(29)28(19-12-8-17(2)9-13-19)24(27-23)21-6-4-5-7-22(21)26/h4-16H,3H2,1-2H3/b23-16+. The minimum absolute atomic E-state index is 0.192. The average molecular weight is 417 g/mol. The molecule has 1 amide bonds. The van der Waals surface area contributed by atoms with Gasteiger partial charge in [0.15, 0.2) is 0 Å². The van der Waals surface area contributed by atoms with Crippen LogP contribution in [0.4, 0.5) is 5.69 Å². The highest BCUT2D eigenvalue weighted by Gasteiger charge is 2.33. The molecule has 0 saturated carbocycles. The van der Waals surface area contributed by atoms with E-state index in [0.29, 0.717) is 28.7 Å². The third kappa shape index (κ3) is 4.00. The van der Waals surface area contributed by atoms with Gasteiger partial charge in [-0.25, -0.2) is 4.99 Å². The molecule has 0 unspecified atom stereocenters. The number of hydrogen-bond donors (Lipinski definition) is 0. The lowest BCUT2D eigenvalue weighted by Gasteiger charge is -2.19. The molecule has 4 rings (SSSR count). The second-order valence-corrected chi connectivity index (χ2v) is 7.33. The Labute approximate surface area is 181 Å². The average Bonchev–Trinajstić information content (AvgIpc) is 3.06. The molecular formula is C25H21ClN2O2. The summed E-state index contributed by atoms with van der Waals surface area (Å²) in [7, 11) is 0. The molecule has 0 aliphatic carbocycles. The summed E-state index contributed by atoms with van der Waals surface area (Å²) in [5.74, 6) is 1.12. The van der Waals surface area contributed by atoms with E-state index in [-0.39, 0.29) is 5.91 Å². The largest absolute Gasteiger partial charge is 0.494 e. The van der Waals surface area contributed by atoms with Crippen LogP contribution in [0, 0.1) is 6.92 Å². The zero-order valence-electron chi connectivity index (χ0n) is 16.8. The lowest BCUT2D eigenvalue weighted by molar-refractivity contribution is -0.113. The summed E-state index contributed by atoms with van der Waals surface area (Å²) in [4.78, 5) is 19.6. The fourth-order valence-corrected chi connectivity index (χ4v) is 3.48. The van der Waals surface area contributed by atoms with Crippen molar-refractivity contribution in [1.29, 1.82) is 0 Å². The van der Waals surface area contributed by atoms with E-state index in [1.807, 2.05) is 80.6 Å². The Hall–Kier alpha value is -3.37. The molecule has 5 heteroatoms. The van der Waals surface area contributed by atoms with Gasteiger partial charge in [-0.2, -0.15) is 0 Å². The second-order valence-electron chi connectivity index (χ2n) is 6.92. The van der Waals surface area contributed by atoms with Crippen LogP contribution in [0.1, 0.15) is 23.6 Å². The predicted octanol–water partition coefficient (Wildman–Crippen LogP) is 5.88. The number of carbonyl (C=O) groups excluding carboxylic acids is 1. The van der Waals surface area contributed by atoms with Crippen molar-refractivity contribution in [3.8, 4) is 5.75 Å². The first kappa shape index (κ1) is 19.9. The van der Waals surface area contributed by atoms with Crippen molar-refractivity contribution in [3.63, 3.8) is 0 Å². The van der Waals surface area contributed by atoms with E-state index in [1.165, 1.54) is 0 Å². The number of amides is 1. The topological polar surface area (TPSA) is 41.9 Å². The number of ether oxygens (including phenoxy) is 1. The van der Waals surface area contributed by atoms with Gasteiger partial charge >= 0.3 is 0 Å². The van der Waals surface area contributed by atoms with E-state index in [9.17, 15) is 4.79 Å². The van der Waals surface area contributed by atoms with Crippen molar-refractivity contribution in [2.75, 3.05) is 11.5 Å². The predicted molar refractivity (Wildman–Crippen MR) is 122 cm³/mol. The van der Waals surface area contributed by atoms with Gasteiger partial charge in [0.2, 0.25) is 0 Å². The molecule has 1 aliphatic heterocycles. The maximum Gasteiger partial charge on any atom is 0.282 e. The Bertz CT molecular complexity index is 1130. The fraction of sp³-hybridized carbons (Fsp3) is 0.120. The maximum atomic E-state index is 13.3. The molecule has 0 N–H and O–H groups in total. The number of halogens is 1. The van der Waals surface area contributed by atoms with Crippen LogP contribution in [0.15, 0.2) is 83.5 Å². The number of aliphatic imine (C=N–C) groups is 1. The molecule has 0 aromatic heterocycles. The van der Waals surface area contributed by atoms with Crippen LogP contribution in [0.5, 0.6) is 5.75 Å². The van der Waals surface area contributed by atoms with E-state index >= 15 is 0 Å². The Morgan fingerprint density at radius 3 is 2.37 bits per heavy atom. The summed E-state index contributed by atoms with van der Waals surface area (Å²) in [6.45, 7) is 4.56. The number of hydrogen-bond acceptors (Lipinski definition) is 3. The maximum absolute atomic E-state index is 13.3. The van der Waals surface area contributed by atoms with Crippen LogP contribution in [-0.4, -0.2) is 18.3 Å². The number of rotatable bonds is 5. The van der Waals surface area contributed by atoms with Crippen LogP contribution in [0.25, 0.3) is 6.08 Å². The highest BCUT2D eigenvalue weighted by Crippen LogP contribution is 2.30. The minimum atomic E-state index is -0.192. The quantitative estimate of drug-likeness (QED) is 0.487. The van der Waals surface area contributed by atoms with Gasteiger partial charge in [0.1, 0.15) is 17.3 Å². The van der Waals surface area contributed by atoms with Gasteiger partial charge in [-0.05, 0) is 61.9 Å². The molecule has 0 bridgehead atoms. The third-order valence-electron chi connectivity index (χ3n) is 4.76. The van der Waals surface area contributed by atoms with Gasteiger partial charge in [0, 0.05) is 5.56 Å². The number of anilines is 1. The van der Waals surface area contributed by atoms with E-state index in [4.69, 9.17) is 16.3 Å². The molecule has 0 radical (unpaired) electrons. The van der Waals surface area contributed by atoms with Crippen LogP contribution in [0.2, 0.25) is 5.02 Å². The SMILES string of the molecule is CCOc1ccc(/C=C2/N=C(c3ccccc3Cl)N(c3ccc(C)cc3)C2=O)cc1. The van der Waals surface area contributed by atoms with Gasteiger partial charge < -0.3 is 4.74 Å². The van der Waals surface area contributed by atoms with E-state index < -0.39 is 0 Å². The van der Waals surface area contributed by atoms with Crippen molar-refractivity contribution in [1.82, 2.24) is 0 Å². The molecule has 0 saturated heterocycles. The highest BCUT2D eigenvalue weighted by molar-refractivity contribution is 6.39. The van der Waals surface area contributed by atoms with Crippen molar-refractivity contribution in [2.45, 2.75) is 13.8 Å². The summed E-state index contributed by atoms with van der Waals surface area (Å²) in [5.41, 5.74) is 3.80. The molecule has 0 spiro atoms. The Morgan fingerprint density at radius 1 is 1.00 bits per heavy atom. The number of aryl methyl sites for hydroxylation is 1. The van der Waals surface area contributed by atoms with Crippen LogP contribution < -0.4 is 9.64 Å². The minimum Gasteiger partial charge on any atom is -0.494 e. The van der Waals surface area contributed by atoms with Gasteiger partial charge in [-0.1, -0.05) is 53.6 Å². The van der Waals surface area contributed by atoms with Crippen molar-refractivity contribution < 1.29 is 9.53 Å². The summed E-state index contributed by atoms with van der Waals surface area (Å²) in [5, 5.41) is 0.545. The molecule has 0 fully saturated rings. The molecule has 4 nitrogen and oxygen atoms in total. The number of amidine groups is 1. The molecule has 30 heavy (non-hydrogen) atoms. The highest BCUT2D eigenvalue weighted by atomic mass is 35.5. The number of carbonyl (C=O) groups is 1. The summed E-state index contributed by atoms with van der Waals surface area (Å²) in [6, 6.07) is 22.8. The first-order valence-corrected chi connectivity index (χ1v) is 10.1. The van der Waals surface area contributed by atoms with Crippen LogP contribution in [-0.2, 0) is 4.79 Å². The normalized spacial score (nSPS) is 14.9. The zero-order chi connectivity index (χ0) is 21.1. The Balaban J connectivity index is 1.77.